The standard InChI is InChI=1S/C23H24Cl2N2O2/c1-15-22(23(28)29-14-17-10-18(24)13-19(25)11-17)20-12-16(4-5-21(20)26-15)6-9-27-7-2-3-8-27/h4-5,10-13,26H,2-3,6-9,14H2,1H3. The SMILES string of the molecule is Cc1[nH]c2ccc(CCN3CCCC3)cc2c1C(=O)OCc1cc(Cl)cc(Cl)c1. The van der Waals surface area contributed by atoms with E-state index in [1.54, 1.807) is 18.2 Å². The molecule has 1 fully saturated rings. The van der Waals surface area contributed by atoms with Gasteiger partial charge in [0.1, 0.15) is 6.61 Å². The minimum absolute atomic E-state index is 0.125. The molecule has 2 aromatic carbocycles. The van der Waals surface area contributed by atoms with Crippen molar-refractivity contribution in [2.75, 3.05) is 19.6 Å². The van der Waals surface area contributed by atoms with Gasteiger partial charge in [-0.05, 0) is 80.7 Å². The van der Waals surface area contributed by atoms with E-state index in [1.807, 2.05) is 6.92 Å². The maximum atomic E-state index is 12.8. The number of aryl methyl sites for hydroxylation is 1. The van der Waals surface area contributed by atoms with Gasteiger partial charge in [0, 0.05) is 33.2 Å². The number of halogens is 2. The van der Waals surface area contributed by atoms with Gasteiger partial charge in [-0.1, -0.05) is 29.3 Å². The van der Waals surface area contributed by atoms with Crippen molar-refractivity contribution >= 4 is 40.1 Å². The molecule has 4 rings (SSSR count). The molecule has 2 heterocycles. The second-order valence-electron chi connectivity index (χ2n) is 7.66. The zero-order valence-corrected chi connectivity index (χ0v) is 17.9. The average Bonchev–Trinajstić information content (AvgIpc) is 3.30. The summed E-state index contributed by atoms with van der Waals surface area (Å²) in [6.45, 7) is 5.47. The summed E-state index contributed by atoms with van der Waals surface area (Å²) in [7, 11) is 0. The van der Waals surface area contributed by atoms with Crippen molar-refractivity contribution < 1.29 is 9.53 Å². The molecule has 1 aliphatic rings. The molecule has 1 N–H and O–H groups in total. The van der Waals surface area contributed by atoms with Crippen LogP contribution in [-0.4, -0.2) is 35.5 Å². The number of nitrogens with one attached hydrogen (secondary N) is 1. The van der Waals surface area contributed by atoms with Gasteiger partial charge >= 0.3 is 5.97 Å². The molecule has 0 unspecified atom stereocenters. The number of benzene rings is 2. The highest BCUT2D eigenvalue weighted by atomic mass is 35.5. The van der Waals surface area contributed by atoms with Crippen LogP contribution in [0.2, 0.25) is 10.0 Å². The van der Waals surface area contributed by atoms with E-state index >= 15 is 0 Å². The lowest BCUT2D eigenvalue weighted by Gasteiger charge is -2.14. The lowest BCUT2D eigenvalue weighted by atomic mass is 10.1. The van der Waals surface area contributed by atoms with Crippen LogP contribution in [0.1, 0.15) is 40.0 Å². The van der Waals surface area contributed by atoms with Gasteiger partial charge in [0.15, 0.2) is 0 Å². The highest BCUT2D eigenvalue weighted by Crippen LogP contribution is 2.26. The summed E-state index contributed by atoms with van der Waals surface area (Å²) in [5.41, 5.74) is 4.35. The van der Waals surface area contributed by atoms with E-state index in [0.717, 1.165) is 35.1 Å². The van der Waals surface area contributed by atoms with Crippen molar-refractivity contribution in [1.29, 1.82) is 0 Å². The second kappa shape index (κ2) is 8.78. The summed E-state index contributed by atoms with van der Waals surface area (Å²) in [6, 6.07) is 11.5. The molecule has 0 radical (unpaired) electrons. The first-order valence-corrected chi connectivity index (χ1v) is 10.7. The van der Waals surface area contributed by atoms with Crippen molar-refractivity contribution in [3.8, 4) is 0 Å². The van der Waals surface area contributed by atoms with Crippen molar-refractivity contribution in [3.63, 3.8) is 0 Å². The van der Waals surface area contributed by atoms with Crippen LogP contribution in [0.4, 0.5) is 0 Å². The number of hydrogen-bond acceptors (Lipinski definition) is 3. The number of rotatable bonds is 6. The lowest BCUT2D eigenvalue weighted by molar-refractivity contribution is 0.0474. The van der Waals surface area contributed by atoms with E-state index < -0.39 is 0 Å². The van der Waals surface area contributed by atoms with Crippen LogP contribution in [0.25, 0.3) is 10.9 Å². The van der Waals surface area contributed by atoms with Gasteiger partial charge < -0.3 is 14.6 Å². The first kappa shape index (κ1) is 20.3. The first-order valence-electron chi connectivity index (χ1n) is 9.95. The van der Waals surface area contributed by atoms with Crippen LogP contribution in [0.3, 0.4) is 0 Å². The Morgan fingerprint density at radius 2 is 1.79 bits per heavy atom. The van der Waals surface area contributed by atoms with Crippen LogP contribution in [0, 0.1) is 6.92 Å². The van der Waals surface area contributed by atoms with E-state index in [0.29, 0.717) is 15.6 Å². The number of likely N-dealkylation sites (tertiary alicyclic amines) is 1. The lowest BCUT2D eigenvalue weighted by Crippen LogP contribution is -2.21. The Balaban J connectivity index is 1.51. The van der Waals surface area contributed by atoms with Gasteiger partial charge in [0.2, 0.25) is 0 Å². The molecule has 29 heavy (non-hydrogen) atoms. The van der Waals surface area contributed by atoms with E-state index in [-0.39, 0.29) is 12.6 Å². The number of carbonyl (C=O) groups is 1. The average molecular weight is 431 g/mol. The third kappa shape index (κ3) is 4.77. The van der Waals surface area contributed by atoms with Gasteiger partial charge in [0.05, 0.1) is 5.56 Å². The molecule has 0 aliphatic carbocycles. The fourth-order valence-corrected chi connectivity index (χ4v) is 4.57. The van der Waals surface area contributed by atoms with Crippen LogP contribution >= 0.6 is 23.2 Å². The van der Waals surface area contributed by atoms with Crippen LogP contribution in [0.15, 0.2) is 36.4 Å². The highest BCUT2D eigenvalue weighted by molar-refractivity contribution is 6.34. The van der Waals surface area contributed by atoms with Gasteiger partial charge in [-0.3, -0.25) is 0 Å². The van der Waals surface area contributed by atoms with Crippen LogP contribution < -0.4 is 0 Å². The number of esters is 1. The summed E-state index contributed by atoms with van der Waals surface area (Å²) < 4.78 is 5.57. The van der Waals surface area contributed by atoms with Gasteiger partial charge in [-0.15, -0.1) is 0 Å². The summed E-state index contributed by atoms with van der Waals surface area (Å²) in [4.78, 5) is 18.6. The third-order valence-electron chi connectivity index (χ3n) is 5.46. The molecule has 6 heteroatoms. The Morgan fingerprint density at radius 3 is 2.52 bits per heavy atom. The van der Waals surface area contributed by atoms with Gasteiger partial charge in [0.25, 0.3) is 0 Å². The quantitative estimate of drug-likeness (QED) is 0.504. The van der Waals surface area contributed by atoms with Crippen molar-refractivity contribution in [2.45, 2.75) is 32.8 Å². The number of ether oxygens (including phenoxy) is 1. The smallest absolute Gasteiger partial charge is 0.340 e. The molecule has 4 nitrogen and oxygen atoms in total. The Hall–Kier alpha value is -2.01. The Kier molecular flexibility index (Phi) is 6.14. The number of H-pyrrole nitrogens is 1. The Labute approximate surface area is 180 Å². The molecule has 0 amide bonds. The molecular weight excluding hydrogens is 407 g/mol. The van der Waals surface area contributed by atoms with Crippen molar-refractivity contribution in [1.82, 2.24) is 9.88 Å². The molecule has 0 spiro atoms. The number of carbonyl (C=O) groups excluding carboxylic acids is 1. The summed E-state index contributed by atoms with van der Waals surface area (Å²) in [5.74, 6) is -0.346. The number of aromatic amines is 1. The molecule has 0 atom stereocenters. The number of aromatic nitrogens is 1. The fraction of sp³-hybridized carbons (Fsp3) is 0.348. The molecule has 0 saturated carbocycles. The number of nitrogens with zero attached hydrogens (tertiary/aromatic N) is 1. The topological polar surface area (TPSA) is 45.3 Å². The predicted octanol–water partition coefficient (Wildman–Crippen LogP) is 5.78. The second-order valence-corrected chi connectivity index (χ2v) is 8.53. The fourth-order valence-electron chi connectivity index (χ4n) is 4.00. The van der Waals surface area contributed by atoms with E-state index in [2.05, 4.69) is 28.1 Å². The maximum absolute atomic E-state index is 12.8. The molecule has 1 aromatic heterocycles. The van der Waals surface area contributed by atoms with E-state index in [1.165, 1.54) is 31.5 Å². The van der Waals surface area contributed by atoms with Gasteiger partial charge in [-0.2, -0.15) is 0 Å². The number of fused-ring (bicyclic) bond motifs is 1. The minimum atomic E-state index is -0.346. The molecule has 0 bridgehead atoms. The molecule has 3 aromatic rings. The van der Waals surface area contributed by atoms with Crippen LogP contribution in [0.5, 0.6) is 0 Å². The molecule has 152 valence electrons. The highest BCUT2D eigenvalue weighted by Gasteiger charge is 2.19. The molecule has 1 aliphatic heterocycles. The normalized spacial score (nSPS) is 14.6. The summed E-state index contributed by atoms with van der Waals surface area (Å²) >= 11 is 12.1. The zero-order valence-electron chi connectivity index (χ0n) is 16.4. The summed E-state index contributed by atoms with van der Waals surface area (Å²) in [5, 5.41) is 1.96. The zero-order chi connectivity index (χ0) is 20.4. The summed E-state index contributed by atoms with van der Waals surface area (Å²) in [6.07, 6.45) is 3.57. The van der Waals surface area contributed by atoms with Gasteiger partial charge in [-0.25, -0.2) is 4.79 Å². The van der Waals surface area contributed by atoms with Crippen LogP contribution in [-0.2, 0) is 17.8 Å². The number of hydrogen-bond donors (Lipinski definition) is 1. The third-order valence-corrected chi connectivity index (χ3v) is 5.90. The first-order chi connectivity index (χ1) is 14.0. The molecular formula is C23H24Cl2N2O2. The monoisotopic (exact) mass is 430 g/mol. The largest absolute Gasteiger partial charge is 0.457 e. The Morgan fingerprint density at radius 1 is 1.07 bits per heavy atom. The molecule has 1 saturated heterocycles. The maximum Gasteiger partial charge on any atom is 0.340 e. The van der Waals surface area contributed by atoms with Crippen molar-refractivity contribution in [3.05, 3.63) is 68.8 Å². The Bertz CT molecular complexity index is 1020. The van der Waals surface area contributed by atoms with E-state index in [9.17, 15) is 4.79 Å². The van der Waals surface area contributed by atoms with E-state index in [4.69, 9.17) is 27.9 Å². The van der Waals surface area contributed by atoms with Crippen molar-refractivity contribution in [2.24, 2.45) is 0 Å². The predicted molar refractivity (Wildman–Crippen MR) is 118 cm³/mol. The minimum Gasteiger partial charge on any atom is -0.457 e.